The summed E-state index contributed by atoms with van der Waals surface area (Å²) in [5.41, 5.74) is 0.835. The Kier molecular flexibility index (Phi) is 4.99. The maximum atomic E-state index is 12.7. The Morgan fingerprint density at radius 1 is 1.33 bits per heavy atom. The van der Waals surface area contributed by atoms with Gasteiger partial charge < -0.3 is 4.90 Å². The van der Waals surface area contributed by atoms with Crippen molar-refractivity contribution in [1.29, 1.82) is 5.26 Å². The van der Waals surface area contributed by atoms with Gasteiger partial charge in [-0.3, -0.25) is 0 Å². The monoisotopic (exact) mass is 307 g/mol. The SMILES string of the molecule is CN(C)C1CCCN(S(=O)(=O)c2ccc(CC#N)cc2)C1. The Balaban J connectivity index is 2.19. The Hall–Kier alpha value is -1.42. The third-order valence-electron chi connectivity index (χ3n) is 3.93. The van der Waals surface area contributed by atoms with Crippen molar-refractivity contribution in [1.82, 2.24) is 9.21 Å². The van der Waals surface area contributed by atoms with Crippen LogP contribution in [0, 0.1) is 11.3 Å². The van der Waals surface area contributed by atoms with Crippen molar-refractivity contribution in [2.24, 2.45) is 0 Å². The third-order valence-corrected chi connectivity index (χ3v) is 5.81. The molecular formula is C15H21N3O2S. The summed E-state index contributed by atoms with van der Waals surface area (Å²) in [6, 6.07) is 8.95. The minimum Gasteiger partial charge on any atom is -0.305 e. The summed E-state index contributed by atoms with van der Waals surface area (Å²) in [7, 11) is 0.531. The summed E-state index contributed by atoms with van der Waals surface area (Å²) < 4.78 is 26.9. The smallest absolute Gasteiger partial charge is 0.243 e. The maximum absolute atomic E-state index is 12.7. The van der Waals surface area contributed by atoms with E-state index in [2.05, 4.69) is 11.0 Å². The number of benzene rings is 1. The topological polar surface area (TPSA) is 64.4 Å². The average molecular weight is 307 g/mol. The highest BCUT2D eigenvalue weighted by atomic mass is 32.2. The molecule has 5 nitrogen and oxygen atoms in total. The lowest BCUT2D eigenvalue weighted by Crippen LogP contribution is -2.47. The van der Waals surface area contributed by atoms with Crippen LogP contribution in [0.25, 0.3) is 0 Å². The first-order chi connectivity index (χ1) is 9.95. The van der Waals surface area contributed by atoms with Gasteiger partial charge in [0.2, 0.25) is 10.0 Å². The largest absolute Gasteiger partial charge is 0.305 e. The fourth-order valence-corrected chi connectivity index (χ4v) is 4.10. The summed E-state index contributed by atoms with van der Waals surface area (Å²) in [6.07, 6.45) is 2.21. The predicted molar refractivity (Wildman–Crippen MR) is 81.2 cm³/mol. The molecule has 1 aliphatic heterocycles. The number of piperidine rings is 1. The zero-order valence-corrected chi connectivity index (χ0v) is 13.3. The highest BCUT2D eigenvalue weighted by Crippen LogP contribution is 2.22. The number of sulfonamides is 1. The molecule has 114 valence electrons. The van der Waals surface area contributed by atoms with E-state index in [1.165, 1.54) is 0 Å². The van der Waals surface area contributed by atoms with Crippen LogP contribution in [0.15, 0.2) is 29.2 Å². The first kappa shape index (κ1) is 16.0. The molecule has 0 aromatic heterocycles. The van der Waals surface area contributed by atoms with Crippen LogP contribution in [0.4, 0.5) is 0 Å². The Labute approximate surface area is 126 Å². The van der Waals surface area contributed by atoms with Gasteiger partial charge in [-0.15, -0.1) is 0 Å². The molecule has 1 saturated heterocycles. The van der Waals surface area contributed by atoms with Crippen LogP contribution in [0.3, 0.4) is 0 Å². The third kappa shape index (κ3) is 3.62. The van der Waals surface area contributed by atoms with Gasteiger partial charge in [-0.05, 0) is 44.6 Å². The summed E-state index contributed by atoms with van der Waals surface area (Å²) >= 11 is 0. The van der Waals surface area contributed by atoms with Crippen LogP contribution in [0.2, 0.25) is 0 Å². The molecule has 0 aliphatic carbocycles. The van der Waals surface area contributed by atoms with Gasteiger partial charge in [0.25, 0.3) is 0 Å². The quantitative estimate of drug-likeness (QED) is 0.845. The van der Waals surface area contributed by atoms with Gasteiger partial charge in [-0.2, -0.15) is 9.57 Å². The van der Waals surface area contributed by atoms with E-state index in [0.717, 1.165) is 18.4 Å². The van der Waals surface area contributed by atoms with Gasteiger partial charge in [0.15, 0.2) is 0 Å². The lowest BCUT2D eigenvalue weighted by atomic mass is 10.1. The minimum absolute atomic E-state index is 0.270. The average Bonchev–Trinajstić information content (AvgIpc) is 2.48. The molecule has 1 aliphatic rings. The van der Waals surface area contributed by atoms with E-state index in [-0.39, 0.29) is 6.04 Å². The molecule has 1 aromatic carbocycles. The van der Waals surface area contributed by atoms with Gasteiger partial charge >= 0.3 is 0 Å². The van der Waals surface area contributed by atoms with Gasteiger partial charge in [0.1, 0.15) is 0 Å². The van der Waals surface area contributed by atoms with Crippen LogP contribution in [-0.2, 0) is 16.4 Å². The van der Waals surface area contributed by atoms with Gasteiger partial charge in [-0.1, -0.05) is 12.1 Å². The van der Waals surface area contributed by atoms with Crippen LogP contribution >= 0.6 is 0 Å². The number of likely N-dealkylation sites (N-methyl/N-ethyl adjacent to an activating group) is 1. The Morgan fingerprint density at radius 2 is 2.00 bits per heavy atom. The minimum atomic E-state index is -3.44. The van der Waals surface area contributed by atoms with Crippen molar-refractivity contribution in [3.05, 3.63) is 29.8 Å². The van der Waals surface area contributed by atoms with Crippen LogP contribution < -0.4 is 0 Å². The van der Waals surface area contributed by atoms with E-state index in [4.69, 9.17) is 5.26 Å². The molecule has 1 atom stereocenters. The number of nitriles is 1. The molecule has 1 fully saturated rings. The number of nitrogens with zero attached hydrogens (tertiary/aromatic N) is 3. The van der Waals surface area contributed by atoms with Crippen molar-refractivity contribution in [2.75, 3.05) is 27.2 Å². The Morgan fingerprint density at radius 3 is 2.57 bits per heavy atom. The van der Waals surface area contributed by atoms with Crippen molar-refractivity contribution in [3.8, 4) is 6.07 Å². The van der Waals surface area contributed by atoms with Crippen LogP contribution in [-0.4, -0.2) is 50.8 Å². The van der Waals surface area contributed by atoms with Crippen molar-refractivity contribution < 1.29 is 8.42 Å². The fraction of sp³-hybridized carbons (Fsp3) is 0.533. The van der Waals surface area contributed by atoms with Crippen LogP contribution in [0.5, 0.6) is 0 Å². The second-order valence-electron chi connectivity index (χ2n) is 5.60. The normalized spacial score (nSPS) is 20.4. The van der Waals surface area contributed by atoms with Crippen molar-refractivity contribution >= 4 is 10.0 Å². The zero-order chi connectivity index (χ0) is 15.5. The van der Waals surface area contributed by atoms with E-state index < -0.39 is 10.0 Å². The zero-order valence-electron chi connectivity index (χ0n) is 12.5. The first-order valence-corrected chi connectivity index (χ1v) is 8.51. The molecule has 1 heterocycles. The summed E-state index contributed by atoms with van der Waals surface area (Å²) in [4.78, 5) is 2.39. The van der Waals surface area contributed by atoms with Crippen molar-refractivity contribution in [3.63, 3.8) is 0 Å². The van der Waals surface area contributed by atoms with E-state index in [9.17, 15) is 8.42 Å². The van der Waals surface area contributed by atoms with Crippen LogP contribution in [0.1, 0.15) is 18.4 Å². The molecule has 0 N–H and O–H groups in total. The lowest BCUT2D eigenvalue weighted by molar-refractivity contribution is 0.190. The Bertz CT molecular complexity index is 617. The standard InChI is InChI=1S/C15H21N3O2S/c1-17(2)14-4-3-11-18(12-14)21(19,20)15-7-5-13(6-8-15)9-10-16/h5-8,14H,3-4,9,11-12H2,1-2H3. The molecule has 0 radical (unpaired) electrons. The van der Waals surface area contributed by atoms with Crippen molar-refractivity contribution in [2.45, 2.75) is 30.2 Å². The highest BCUT2D eigenvalue weighted by molar-refractivity contribution is 7.89. The maximum Gasteiger partial charge on any atom is 0.243 e. The molecular weight excluding hydrogens is 286 g/mol. The van der Waals surface area contributed by atoms with E-state index in [1.807, 2.05) is 14.1 Å². The fourth-order valence-electron chi connectivity index (χ4n) is 2.58. The molecule has 0 spiro atoms. The van der Waals surface area contributed by atoms with Gasteiger partial charge in [-0.25, -0.2) is 8.42 Å². The summed E-state index contributed by atoms with van der Waals surface area (Å²) in [6.45, 7) is 1.11. The van der Waals surface area contributed by atoms with Gasteiger partial charge in [0, 0.05) is 19.1 Å². The first-order valence-electron chi connectivity index (χ1n) is 7.07. The molecule has 6 heteroatoms. The van der Waals surface area contributed by atoms with E-state index in [1.54, 1.807) is 28.6 Å². The molecule has 0 saturated carbocycles. The lowest BCUT2D eigenvalue weighted by Gasteiger charge is -2.35. The molecule has 0 bridgehead atoms. The number of rotatable bonds is 4. The molecule has 21 heavy (non-hydrogen) atoms. The second-order valence-corrected chi connectivity index (χ2v) is 7.54. The number of hydrogen-bond acceptors (Lipinski definition) is 4. The molecule has 1 aromatic rings. The number of hydrogen-bond donors (Lipinski definition) is 0. The predicted octanol–water partition coefficient (Wildman–Crippen LogP) is 1.47. The van der Waals surface area contributed by atoms with E-state index >= 15 is 0 Å². The van der Waals surface area contributed by atoms with E-state index in [0.29, 0.717) is 24.4 Å². The summed E-state index contributed by atoms with van der Waals surface area (Å²) in [5, 5.41) is 8.65. The van der Waals surface area contributed by atoms with Gasteiger partial charge in [0.05, 0.1) is 17.4 Å². The summed E-state index contributed by atoms with van der Waals surface area (Å²) in [5.74, 6) is 0. The second kappa shape index (κ2) is 6.56. The molecule has 2 rings (SSSR count). The molecule has 1 unspecified atom stereocenters. The highest BCUT2D eigenvalue weighted by Gasteiger charge is 2.30. The molecule has 0 amide bonds.